The fourth-order valence-electron chi connectivity index (χ4n) is 1.65. The van der Waals surface area contributed by atoms with Crippen LogP contribution in [0, 0.1) is 5.92 Å². The molecule has 0 bridgehead atoms. The minimum absolute atomic E-state index is 0.571. The van der Waals surface area contributed by atoms with E-state index in [-0.39, 0.29) is 0 Å². The average Bonchev–Trinajstić information content (AvgIpc) is 2.99. The molecule has 1 aliphatic rings. The van der Waals surface area contributed by atoms with Gasteiger partial charge in [-0.3, -0.25) is 0 Å². The van der Waals surface area contributed by atoms with Crippen molar-refractivity contribution in [1.29, 1.82) is 0 Å². The van der Waals surface area contributed by atoms with Crippen molar-refractivity contribution in [2.24, 2.45) is 5.92 Å². The molecule has 1 unspecified atom stereocenters. The molecule has 0 saturated heterocycles. The van der Waals surface area contributed by atoms with Gasteiger partial charge in [0, 0.05) is 26.4 Å². The van der Waals surface area contributed by atoms with Crippen LogP contribution in [-0.2, 0) is 9.47 Å². The van der Waals surface area contributed by atoms with Crippen LogP contribution < -0.4 is 5.32 Å². The topological polar surface area (TPSA) is 30.5 Å². The zero-order chi connectivity index (χ0) is 10.2. The summed E-state index contributed by atoms with van der Waals surface area (Å²) in [7, 11) is 1.78. The van der Waals surface area contributed by atoms with Crippen molar-refractivity contribution >= 4 is 0 Å². The van der Waals surface area contributed by atoms with Gasteiger partial charge in [0.25, 0.3) is 0 Å². The lowest BCUT2D eigenvalue weighted by Gasteiger charge is -2.16. The molecule has 0 heterocycles. The molecule has 0 amide bonds. The van der Waals surface area contributed by atoms with E-state index in [9.17, 15) is 0 Å². The third-order valence-electron chi connectivity index (χ3n) is 2.61. The lowest BCUT2D eigenvalue weighted by Crippen LogP contribution is -2.36. The molecule has 3 heteroatoms. The maximum atomic E-state index is 5.28. The van der Waals surface area contributed by atoms with Crippen LogP contribution in [0.3, 0.4) is 0 Å². The van der Waals surface area contributed by atoms with Gasteiger partial charge in [-0.05, 0) is 38.6 Å². The summed E-state index contributed by atoms with van der Waals surface area (Å²) >= 11 is 0. The number of ether oxygens (including phenoxy) is 2. The summed E-state index contributed by atoms with van der Waals surface area (Å²) in [6.45, 7) is 5.62. The molecule has 3 nitrogen and oxygen atoms in total. The highest BCUT2D eigenvalue weighted by atomic mass is 16.5. The van der Waals surface area contributed by atoms with E-state index in [1.165, 1.54) is 12.8 Å². The van der Waals surface area contributed by atoms with Gasteiger partial charge >= 0.3 is 0 Å². The normalized spacial score (nSPS) is 18.4. The largest absolute Gasteiger partial charge is 0.383 e. The molecule has 0 aliphatic heterocycles. The number of rotatable bonds is 9. The fraction of sp³-hybridized carbons (Fsp3) is 1.00. The van der Waals surface area contributed by atoms with Crippen LogP contribution in [0.25, 0.3) is 0 Å². The third-order valence-corrected chi connectivity index (χ3v) is 2.61. The Morgan fingerprint density at radius 1 is 1.43 bits per heavy atom. The highest BCUT2D eigenvalue weighted by molar-refractivity contribution is 4.86. The molecule has 84 valence electrons. The van der Waals surface area contributed by atoms with Crippen molar-refractivity contribution in [3.63, 3.8) is 0 Å². The van der Waals surface area contributed by atoms with Gasteiger partial charge < -0.3 is 14.8 Å². The number of hydrogen-bond donors (Lipinski definition) is 1. The van der Waals surface area contributed by atoms with Gasteiger partial charge in [-0.25, -0.2) is 0 Å². The Balaban J connectivity index is 1.96. The van der Waals surface area contributed by atoms with Gasteiger partial charge in [-0.15, -0.1) is 0 Å². The highest BCUT2D eigenvalue weighted by Crippen LogP contribution is 2.32. The van der Waals surface area contributed by atoms with E-state index >= 15 is 0 Å². The molecule has 0 aromatic carbocycles. The smallest absolute Gasteiger partial charge is 0.0618 e. The maximum Gasteiger partial charge on any atom is 0.0618 e. The monoisotopic (exact) mass is 201 g/mol. The van der Waals surface area contributed by atoms with Crippen molar-refractivity contribution in [2.45, 2.75) is 32.2 Å². The minimum Gasteiger partial charge on any atom is -0.383 e. The summed E-state index contributed by atoms with van der Waals surface area (Å²) in [6, 6.07) is 0.571. The van der Waals surface area contributed by atoms with Gasteiger partial charge in [0.05, 0.1) is 6.61 Å². The molecule has 1 aliphatic carbocycles. The summed E-state index contributed by atoms with van der Waals surface area (Å²) in [5, 5.41) is 3.54. The van der Waals surface area contributed by atoms with Crippen LogP contribution >= 0.6 is 0 Å². The Hall–Kier alpha value is -0.120. The van der Waals surface area contributed by atoms with Gasteiger partial charge in [0.15, 0.2) is 0 Å². The molecule has 1 N–H and O–H groups in total. The van der Waals surface area contributed by atoms with E-state index < -0.39 is 0 Å². The van der Waals surface area contributed by atoms with Gasteiger partial charge in [0.2, 0.25) is 0 Å². The first-order valence-corrected chi connectivity index (χ1v) is 5.68. The van der Waals surface area contributed by atoms with Crippen LogP contribution in [-0.4, -0.2) is 39.5 Å². The van der Waals surface area contributed by atoms with E-state index in [0.29, 0.717) is 6.04 Å². The first-order chi connectivity index (χ1) is 6.88. The molecule has 1 saturated carbocycles. The molecule has 0 aromatic rings. The second kappa shape index (κ2) is 7.21. The van der Waals surface area contributed by atoms with Crippen LogP contribution in [0.4, 0.5) is 0 Å². The number of methoxy groups -OCH3 is 1. The van der Waals surface area contributed by atoms with Crippen molar-refractivity contribution < 1.29 is 9.47 Å². The fourth-order valence-corrected chi connectivity index (χ4v) is 1.65. The molecule has 1 rings (SSSR count). The molecule has 0 spiro atoms. The minimum atomic E-state index is 0.571. The van der Waals surface area contributed by atoms with E-state index in [4.69, 9.17) is 9.47 Å². The molecular formula is C11H23NO2. The Kier molecular flexibility index (Phi) is 6.15. The number of hydrogen-bond acceptors (Lipinski definition) is 3. The quantitative estimate of drug-likeness (QED) is 0.572. The highest BCUT2D eigenvalue weighted by Gasteiger charge is 2.30. The Morgan fingerprint density at radius 3 is 2.79 bits per heavy atom. The molecule has 0 radical (unpaired) electrons. The first kappa shape index (κ1) is 12.0. The predicted octanol–water partition coefficient (Wildman–Crippen LogP) is 1.43. The van der Waals surface area contributed by atoms with Crippen LogP contribution in [0.2, 0.25) is 0 Å². The van der Waals surface area contributed by atoms with E-state index in [2.05, 4.69) is 5.32 Å². The van der Waals surface area contributed by atoms with E-state index in [1.54, 1.807) is 7.11 Å². The lowest BCUT2D eigenvalue weighted by atomic mass is 10.2. The summed E-state index contributed by atoms with van der Waals surface area (Å²) in [5.74, 6) is 0.863. The zero-order valence-electron chi connectivity index (χ0n) is 9.42. The van der Waals surface area contributed by atoms with E-state index in [0.717, 1.165) is 38.7 Å². The summed E-state index contributed by atoms with van der Waals surface area (Å²) in [5.41, 5.74) is 0. The number of nitrogens with one attached hydrogen (secondary N) is 1. The van der Waals surface area contributed by atoms with Crippen molar-refractivity contribution in [3.05, 3.63) is 0 Å². The van der Waals surface area contributed by atoms with Crippen molar-refractivity contribution in [1.82, 2.24) is 5.32 Å². The molecule has 1 atom stereocenters. The van der Waals surface area contributed by atoms with Crippen molar-refractivity contribution in [2.75, 3.05) is 33.5 Å². The summed E-state index contributed by atoms with van der Waals surface area (Å²) < 4.78 is 10.5. The van der Waals surface area contributed by atoms with Gasteiger partial charge in [-0.1, -0.05) is 0 Å². The van der Waals surface area contributed by atoms with E-state index in [1.807, 2.05) is 6.92 Å². The maximum absolute atomic E-state index is 5.28. The zero-order valence-corrected chi connectivity index (χ0v) is 9.42. The van der Waals surface area contributed by atoms with Gasteiger partial charge in [0.1, 0.15) is 0 Å². The van der Waals surface area contributed by atoms with Crippen LogP contribution in [0.5, 0.6) is 0 Å². The molecular weight excluding hydrogens is 178 g/mol. The Bertz CT molecular complexity index is 137. The molecule has 1 fully saturated rings. The van der Waals surface area contributed by atoms with Crippen LogP contribution in [0.15, 0.2) is 0 Å². The SMILES string of the molecule is CCOCCCNC(COC)C1CC1. The second-order valence-corrected chi connectivity index (χ2v) is 3.90. The van der Waals surface area contributed by atoms with Gasteiger partial charge in [-0.2, -0.15) is 0 Å². The second-order valence-electron chi connectivity index (χ2n) is 3.90. The Morgan fingerprint density at radius 2 is 2.21 bits per heavy atom. The Labute approximate surface area is 87.2 Å². The lowest BCUT2D eigenvalue weighted by molar-refractivity contribution is 0.136. The average molecular weight is 201 g/mol. The molecule has 0 aromatic heterocycles. The van der Waals surface area contributed by atoms with Crippen molar-refractivity contribution in [3.8, 4) is 0 Å². The standard InChI is InChI=1S/C11H23NO2/c1-3-14-8-4-7-12-11(9-13-2)10-5-6-10/h10-12H,3-9H2,1-2H3. The first-order valence-electron chi connectivity index (χ1n) is 5.68. The third kappa shape index (κ3) is 4.94. The summed E-state index contributed by atoms with van der Waals surface area (Å²) in [6.07, 6.45) is 3.83. The molecule has 14 heavy (non-hydrogen) atoms. The predicted molar refractivity (Wildman–Crippen MR) is 57.5 cm³/mol. The summed E-state index contributed by atoms with van der Waals surface area (Å²) in [4.78, 5) is 0. The van der Waals surface area contributed by atoms with Crippen LogP contribution in [0.1, 0.15) is 26.2 Å².